The Bertz CT molecular complexity index is 771. The molecule has 0 spiro atoms. The van der Waals surface area contributed by atoms with Crippen LogP contribution in [0.5, 0.6) is 5.75 Å². The molecule has 1 N–H and O–H groups in total. The van der Waals surface area contributed by atoms with Crippen LogP contribution in [0.25, 0.3) is 0 Å². The Kier molecular flexibility index (Phi) is 5.42. The highest BCUT2D eigenvalue weighted by Gasteiger charge is 2.42. The lowest BCUT2D eigenvalue weighted by molar-refractivity contribution is 0.0522. The minimum atomic E-state index is -0.501. The summed E-state index contributed by atoms with van der Waals surface area (Å²) in [4.78, 5) is 12.0. The molecular weight excluding hydrogens is 350 g/mol. The second-order valence-corrected chi connectivity index (χ2v) is 7.99. The van der Waals surface area contributed by atoms with Gasteiger partial charge in [-0.3, -0.25) is 0 Å². The van der Waals surface area contributed by atoms with E-state index >= 15 is 0 Å². The smallest absolute Gasteiger partial charge is 0.407 e. The average molecular weight is 374 g/mol. The van der Waals surface area contributed by atoms with E-state index in [0.29, 0.717) is 11.6 Å². The van der Waals surface area contributed by atoms with Crippen molar-refractivity contribution in [2.75, 3.05) is 0 Å². The molecule has 138 valence electrons. The van der Waals surface area contributed by atoms with Gasteiger partial charge in [0.2, 0.25) is 0 Å². The third-order valence-corrected chi connectivity index (χ3v) is 4.34. The van der Waals surface area contributed by atoms with Crippen molar-refractivity contribution in [2.45, 2.75) is 51.4 Å². The van der Waals surface area contributed by atoms with Crippen LogP contribution in [0.15, 0.2) is 48.5 Å². The number of carbonyl (C=O) groups is 1. The summed E-state index contributed by atoms with van der Waals surface area (Å²) >= 11 is 6.15. The van der Waals surface area contributed by atoms with E-state index in [2.05, 4.69) is 5.32 Å². The van der Waals surface area contributed by atoms with E-state index in [1.165, 1.54) is 0 Å². The maximum absolute atomic E-state index is 12.0. The van der Waals surface area contributed by atoms with Crippen LogP contribution < -0.4 is 10.1 Å². The predicted octanol–water partition coefficient (Wildman–Crippen LogP) is 5.30. The molecule has 2 aromatic rings. The fourth-order valence-electron chi connectivity index (χ4n) is 2.83. The first-order valence-corrected chi connectivity index (χ1v) is 9.15. The number of amides is 1. The number of hydrogen-bond donors (Lipinski definition) is 1. The highest BCUT2D eigenvalue weighted by atomic mass is 35.5. The van der Waals surface area contributed by atoms with Crippen molar-refractivity contribution >= 4 is 17.7 Å². The molecule has 0 bridgehead atoms. The second-order valence-electron chi connectivity index (χ2n) is 7.55. The SMILES string of the molecule is CC(C)(C)OC(=O)NC1CC1c1ccc(Cl)cc1OCc1ccccc1. The van der Waals surface area contributed by atoms with Crippen molar-refractivity contribution < 1.29 is 14.3 Å². The van der Waals surface area contributed by atoms with Crippen LogP contribution in [0.3, 0.4) is 0 Å². The standard InChI is InChI=1S/C21H24ClNO3/c1-21(2,3)26-20(24)23-18-12-17(18)16-10-9-15(22)11-19(16)25-13-14-7-5-4-6-8-14/h4-11,17-18H,12-13H2,1-3H3,(H,23,24). The van der Waals surface area contributed by atoms with Gasteiger partial charge in [0.25, 0.3) is 0 Å². The Morgan fingerprint density at radius 1 is 1.19 bits per heavy atom. The van der Waals surface area contributed by atoms with Gasteiger partial charge in [-0.05, 0) is 50.5 Å². The molecule has 4 nitrogen and oxygen atoms in total. The van der Waals surface area contributed by atoms with Crippen LogP contribution in [0.1, 0.15) is 44.2 Å². The number of halogens is 1. The van der Waals surface area contributed by atoms with E-state index in [-0.39, 0.29) is 18.1 Å². The lowest BCUT2D eigenvalue weighted by atomic mass is 10.1. The van der Waals surface area contributed by atoms with Gasteiger partial charge in [0.05, 0.1) is 0 Å². The van der Waals surface area contributed by atoms with Gasteiger partial charge in [-0.1, -0.05) is 48.0 Å². The quantitative estimate of drug-likeness (QED) is 0.773. The summed E-state index contributed by atoms with van der Waals surface area (Å²) in [5.74, 6) is 0.977. The first-order valence-electron chi connectivity index (χ1n) is 8.77. The second kappa shape index (κ2) is 7.58. The Morgan fingerprint density at radius 2 is 1.92 bits per heavy atom. The predicted molar refractivity (Wildman–Crippen MR) is 103 cm³/mol. The molecule has 0 radical (unpaired) electrons. The molecule has 1 saturated carbocycles. The van der Waals surface area contributed by atoms with E-state index in [0.717, 1.165) is 23.3 Å². The summed E-state index contributed by atoms with van der Waals surface area (Å²) in [6.07, 6.45) is 0.480. The zero-order chi connectivity index (χ0) is 18.7. The van der Waals surface area contributed by atoms with Crippen LogP contribution in [-0.4, -0.2) is 17.7 Å². The Labute approximate surface area is 159 Å². The Balaban J connectivity index is 1.64. The van der Waals surface area contributed by atoms with E-state index in [1.54, 1.807) is 0 Å². The van der Waals surface area contributed by atoms with Crippen molar-refractivity contribution in [1.82, 2.24) is 5.32 Å². The third kappa shape index (κ3) is 5.15. The first kappa shape index (κ1) is 18.6. The van der Waals surface area contributed by atoms with Crippen molar-refractivity contribution in [1.29, 1.82) is 0 Å². The minimum Gasteiger partial charge on any atom is -0.489 e. The molecule has 1 amide bonds. The summed E-state index contributed by atoms with van der Waals surface area (Å²) in [5, 5.41) is 3.56. The van der Waals surface area contributed by atoms with Crippen LogP contribution in [-0.2, 0) is 11.3 Å². The number of carbonyl (C=O) groups excluding carboxylic acids is 1. The number of hydrogen-bond acceptors (Lipinski definition) is 3. The van der Waals surface area contributed by atoms with Crippen LogP contribution in [0, 0.1) is 0 Å². The lowest BCUT2D eigenvalue weighted by Crippen LogP contribution is -2.34. The van der Waals surface area contributed by atoms with Gasteiger partial charge in [-0.25, -0.2) is 4.79 Å². The summed E-state index contributed by atoms with van der Waals surface area (Å²) in [6, 6.07) is 15.7. The van der Waals surface area contributed by atoms with Gasteiger partial charge in [-0.2, -0.15) is 0 Å². The molecule has 1 fully saturated rings. The van der Waals surface area contributed by atoms with E-state index in [4.69, 9.17) is 21.1 Å². The number of benzene rings is 2. The van der Waals surface area contributed by atoms with Gasteiger partial charge < -0.3 is 14.8 Å². The maximum atomic E-state index is 12.0. The molecular formula is C21H24ClNO3. The van der Waals surface area contributed by atoms with Crippen molar-refractivity contribution in [3.63, 3.8) is 0 Å². The number of rotatable bonds is 5. The molecule has 1 aliphatic rings. The van der Waals surface area contributed by atoms with Crippen molar-refractivity contribution in [3.05, 3.63) is 64.7 Å². The van der Waals surface area contributed by atoms with Gasteiger partial charge >= 0.3 is 6.09 Å². The minimum absolute atomic E-state index is 0.0603. The largest absolute Gasteiger partial charge is 0.489 e. The van der Waals surface area contributed by atoms with E-state index in [9.17, 15) is 4.79 Å². The van der Waals surface area contributed by atoms with Gasteiger partial charge in [0.1, 0.15) is 18.0 Å². The number of alkyl carbamates (subject to hydrolysis) is 1. The average Bonchev–Trinajstić information content (AvgIpc) is 3.31. The molecule has 5 heteroatoms. The Morgan fingerprint density at radius 3 is 2.62 bits per heavy atom. The van der Waals surface area contributed by atoms with E-state index in [1.807, 2.05) is 69.3 Å². The normalized spacial score (nSPS) is 18.9. The molecule has 2 atom stereocenters. The number of nitrogens with one attached hydrogen (secondary N) is 1. The molecule has 3 rings (SSSR count). The summed E-state index contributed by atoms with van der Waals surface area (Å²) in [6.45, 7) is 6.04. The van der Waals surface area contributed by atoms with Gasteiger partial charge in [-0.15, -0.1) is 0 Å². The molecule has 0 aromatic heterocycles. The zero-order valence-corrected chi connectivity index (χ0v) is 16.0. The Hall–Kier alpha value is -2.20. The maximum Gasteiger partial charge on any atom is 0.407 e. The van der Waals surface area contributed by atoms with Crippen LogP contribution in [0.2, 0.25) is 5.02 Å². The first-order chi connectivity index (χ1) is 12.3. The molecule has 1 aliphatic carbocycles. The summed E-state index contributed by atoms with van der Waals surface area (Å²) in [7, 11) is 0. The molecule has 2 unspecified atom stereocenters. The fourth-order valence-corrected chi connectivity index (χ4v) is 2.99. The molecule has 2 aromatic carbocycles. The molecule has 0 aliphatic heterocycles. The van der Waals surface area contributed by atoms with E-state index < -0.39 is 5.60 Å². The molecule has 26 heavy (non-hydrogen) atoms. The molecule has 0 heterocycles. The van der Waals surface area contributed by atoms with Crippen molar-refractivity contribution in [3.8, 4) is 5.75 Å². The number of ether oxygens (including phenoxy) is 2. The van der Waals surface area contributed by atoms with Gasteiger partial charge in [0.15, 0.2) is 0 Å². The highest BCUT2D eigenvalue weighted by Crippen LogP contribution is 2.45. The highest BCUT2D eigenvalue weighted by molar-refractivity contribution is 6.30. The lowest BCUT2D eigenvalue weighted by Gasteiger charge is -2.19. The van der Waals surface area contributed by atoms with Crippen LogP contribution in [0.4, 0.5) is 4.79 Å². The van der Waals surface area contributed by atoms with Crippen LogP contribution >= 0.6 is 11.6 Å². The summed E-state index contributed by atoms with van der Waals surface area (Å²) < 4.78 is 11.3. The fraction of sp³-hybridized carbons (Fsp3) is 0.381. The zero-order valence-electron chi connectivity index (χ0n) is 15.3. The van der Waals surface area contributed by atoms with Gasteiger partial charge in [0, 0.05) is 17.0 Å². The topological polar surface area (TPSA) is 47.6 Å². The van der Waals surface area contributed by atoms with Crippen molar-refractivity contribution in [2.24, 2.45) is 0 Å². The third-order valence-electron chi connectivity index (χ3n) is 4.10. The summed E-state index contributed by atoms with van der Waals surface area (Å²) in [5.41, 5.74) is 1.66. The monoisotopic (exact) mass is 373 g/mol. The molecule has 0 saturated heterocycles.